The van der Waals surface area contributed by atoms with E-state index in [0.29, 0.717) is 85.2 Å². The molecule has 6 nitrogen and oxygen atoms in total. The average Bonchev–Trinajstić information content (AvgIpc) is 3.62. The Labute approximate surface area is 324 Å². The Kier molecular flexibility index (Phi) is 10.8. The van der Waals surface area contributed by atoms with E-state index >= 15 is 0 Å². The van der Waals surface area contributed by atoms with Crippen molar-refractivity contribution in [1.29, 1.82) is 0 Å². The molecule has 52 heavy (non-hydrogen) atoms. The van der Waals surface area contributed by atoms with E-state index in [1.165, 1.54) is 51.4 Å². The van der Waals surface area contributed by atoms with Crippen molar-refractivity contribution < 1.29 is 28.7 Å². The maximum absolute atomic E-state index is 13.1. The first-order valence-electron chi connectivity index (χ1n) is 21.5. The molecule has 0 aliphatic heterocycles. The summed E-state index contributed by atoms with van der Waals surface area (Å²) in [6.07, 6.45) is 20.5. The summed E-state index contributed by atoms with van der Waals surface area (Å²) in [7, 11) is 0. The third-order valence-corrected chi connectivity index (χ3v) is 25.6. The van der Waals surface area contributed by atoms with Crippen LogP contribution in [-0.4, -0.2) is 62.0 Å². The molecule has 8 rings (SSSR count). The van der Waals surface area contributed by atoms with Crippen LogP contribution in [0.5, 0.6) is 0 Å². The molecule has 0 spiro atoms. The molecule has 8 saturated carbocycles. The number of ketones is 2. The van der Waals surface area contributed by atoms with Crippen LogP contribution in [0, 0.1) is 69.0 Å². The van der Waals surface area contributed by atoms with Crippen molar-refractivity contribution in [2.24, 2.45) is 69.0 Å². The van der Waals surface area contributed by atoms with E-state index in [1.807, 2.05) is 0 Å². The number of Topliss-reactive ketones (excluding diaryl/α,β-unsaturated/α-hetero) is 2. The monoisotopic (exact) mass is 850 g/mol. The van der Waals surface area contributed by atoms with Crippen LogP contribution in [0.25, 0.3) is 0 Å². The third kappa shape index (κ3) is 6.58. The zero-order chi connectivity index (χ0) is 36.5. The molecule has 0 amide bonds. The average molecular weight is 849 g/mol. The molecule has 0 radical (unpaired) electrons. The van der Waals surface area contributed by atoms with Crippen molar-refractivity contribution in [2.45, 2.75) is 179 Å². The predicted octanol–water partition coefficient (Wildman–Crippen LogP) is 8.97. The zero-order valence-corrected chi connectivity index (χ0v) is 36.0. The van der Waals surface area contributed by atoms with Gasteiger partial charge >= 0.3 is 305 Å². The van der Waals surface area contributed by atoms with Crippen LogP contribution in [0.15, 0.2) is 0 Å². The summed E-state index contributed by atoms with van der Waals surface area (Å²) < 4.78 is 12.6. The van der Waals surface area contributed by atoms with Crippen molar-refractivity contribution in [3.63, 3.8) is 0 Å². The second-order valence-electron chi connectivity index (χ2n) is 20.1. The first-order valence-corrected chi connectivity index (χ1v) is 28.3. The van der Waals surface area contributed by atoms with Crippen molar-refractivity contribution in [1.82, 2.24) is 0 Å². The molecule has 0 heterocycles. The fraction of sp³-hybridized carbons (Fsp3) is 0.909. The Morgan fingerprint density at radius 3 is 1.37 bits per heavy atom. The van der Waals surface area contributed by atoms with Gasteiger partial charge in [0.15, 0.2) is 0 Å². The number of carbonyl (C=O) groups is 4. The third-order valence-electron chi connectivity index (χ3n) is 18.2. The van der Waals surface area contributed by atoms with E-state index in [2.05, 4.69) is 27.7 Å². The molecule has 0 bridgehead atoms. The van der Waals surface area contributed by atoms with E-state index in [-0.39, 0.29) is 35.0 Å². The van der Waals surface area contributed by atoms with Crippen molar-refractivity contribution in [3.05, 3.63) is 0 Å². The molecule has 6 unspecified atom stereocenters. The summed E-state index contributed by atoms with van der Waals surface area (Å²) in [5.74, 6) is 6.31. The van der Waals surface area contributed by atoms with Crippen LogP contribution in [0.3, 0.4) is 0 Å². The minimum absolute atomic E-state index is 0.00856. The van der Waals surface area contributed by atoms with E-state index in [1.54, 1.807) is 0 Å². The Hall–Kier alpha value is -0.681. The topological polar surface area (TPSA) is 86.7 Å². The molecule has 14 atom stereocenters. The van der Waals surface area contributed by atoms with Crippen molar-refractivity contribution in [3.8, 4) is 0 Å². The van der Waals surface area contributed by atoms with Crippen molar-refractivity contribution in [2.75, 3.05) is 0 Å². The second kappa shape index (κ2) is 14.7. The van der Waals surface area contributed by atoms with Gasteiger partial charge in [-0.2, -0.15) is 0 Å². The van der Waals surface area contributed by atoms with Crippen molar-refractivity contribution >= 4 is 49.8 Å². The van der Waals surface area contributed by atoms with Gasteiger partial charge in [-0.3, -0.25) is 9.59 Å². The van der Waals surface area contributed by atoms with Gasteiger partial charge in [-0.15, -0.1) is 0 Å². The van der Waals surface area contributed by atoms with Crippen LogP contribution in [0.2, 0.25) is 10.6 Å². The Morgan fingerprint density at radius 1 is 0.538 bits per heavy atom. The van der Waals surface area contributed by atoms with Crippen LogP contribution >= 0.6 is 0 Å². The molecule has 8 fully saturated rings. The Morgan fingerprint density at radius 2 is 0.942 bits per heavy atom. The van der Waals surface area contributed by atoms with Gasteiger partial charge in [0.05, 0.1) is 0 Å². The summed E-state index contributed by atoms with van der Waals surface area (Å²) in [5, 5.41) is 1.82. The van der Waals surface area contributed by atoms with Gasteiger partial charge in [0.25, 0.3) is 0 Å². The summed E-state index contributed by atoms with van der Waals surface area (Å²) in [5.41, 5.74) is 0.846. The fourth-order valence-corrected chi connectivity index (χ4v) is 21.1. The zero-order valence-electron chi connectivity index (χ0n) is 32.6. The van der Waals surface area contributed by atoms with Gasteiger partial charge in [-0.05, 0) is 0 Å². The van der Waals surface area contributed by atoms with Crippen LogP contribution < -0.4 is 0 Å². The quantitative estimate of drug-likeness (QED) is 0.131. The Bertz CT molecular complexity index is 1310. The first kappa shape index (κ1) is 38.2. The van der Waals surface area contributed by atoms with Gasteiger partial charge in [-0.1, -0.05) is 0 Å². The molecule has 0 N–H and O–H groups in total. The predicted molar refractivity (Wildman–Crippen MR) is 204 cm³/mol. The summed E-state index contributed by atoms with van der Waals surface area (Å²) in [6, 6.07) is 0. The van der Waals surface area contributed by atoms with Crippen LogP contribution in [0.1, 0.15) is 156 Å². The molecule has 0 aromatic rings. The molecule has 8 heteroatoms. The summed E-state index contributed by atoms with van der Waals surface area (Å²) in [4.78, 5) is 50.7. The normalized spacial score (nSPS) is 48.0. The standard InChI is InChI=1S/C44H66O6Se2/c1-41-19-13-29(45)25-27(41)5-7-31-33-9-11-37(43(33,3)21-15-35(31)41)49-39(47)17-23-51-52-24-18-40(48)50-38-12-10-34-32-8-6-28-26-30(46)14-20-42(28,2)36(32)16-22-44(34,38)4/h27-28,31-38H,5-26H2,1-4H3/t27?,28?,31-,32-,33?,34?,35?,36?,37-,38-,41-,42-,43-,44-/m0/s1. The molecule has 0 saturated heterocycles. The molecule has 8 aliphatic rings. The first-order chi connectivity index (χ1) is 24.8. The SMILES string of the molecule is C[C@]12CCC(=O)CC1CC[C@@H]1C2CC[C@@]2(C)C1CC[C@@H]2OC(=O)CC[Se][Se]CCC(=O)O[C@H]1CCC2[C@@H]3CCC4CC(=O)CC[C@]4(C)C3CC[C@@]21C. The number of rotatable bonds is 9. The van der Waals surface area contributed by atoms with Gasteiger partial charge < -0.3 is 0 Å². The number of fused-ring (bicyclic) bond motifs is 10. The molecular weight excluding hydrogens is 782 g/mol. The van der Waals surface area contributed by atoms with E-state index in [9.17, 15) is 19.2 Å². The van der Waals surface area contributed by atoms with Gasteiger partial charge in [0.1, 0.15) is 11.6 Å². The molecular formula is C44H66O6Se2. The van der Waals surface area contributed by atoms with Gasteiger partial charge in [0.2, 0.25) is 0 Å². The molecule has 290 valence electrons. The number of ether oxygens (including phenoxy) is 2. The molecule has 0 aromatic heterocycles. The van der Waals surface area contributed by atoms with E-state index < -0.39 is 0 Å². The number of hydrogen-bond acceptors (Lipinski definition) is 6. The number of carbonyl (C=O) groups excluding carboxylic acids is 4. The van der Waals surface area contributed by atoms with Crippen LogP contribution in [-0.2, 0) is 28.7 Å². The molecule has 8 aliphatic carbocycles. The molecule has 0 aromatic carbocycles. The summed E-state index contributed by atoms with van der Waals surface area (Å²) >= 11 is 0.785. The fourth-order valence-electron chi connectivity index (χ4n) is 15.2. The summed E-state index contributed by atoms with van der Waals surface area (Å²) in [6.45, 7) is 9.86. The number of hydrogen-bond donors (Lipinski definition) is 0. The maximum atomic E-state index is 13.1. The Balaban J connectivity index is 0.743. The van der Waals surface area contributed by atoms with Gasteiger partial charge in [0, 0.05) is 0 Å². The second-order valence-corrected chi connectivity index (χ2v) is 28.0. The van der Waals surface area contributed by atoms with E-state index in [0.717, 1.165) is 98.5 Å². The van der Waals surface area contributed by atoms with Crippen LogP contribution in [0.4, 0.5) is 0 Å². The minimum atomic E-state index is -0.00856. The van der Waals surface area contributed by atoms with Gasteiger partial charge in [-0.25, -0.2) is 0 Å². The van der Waals surface area contributed by atoms with E-state index in [4.69, 9.17) is 9.47 Å². The number of esters is 2.